The van der Waals surface area contributed by atoms with Gasteiger partial charge in [-0.15, -0.1) is 0 Å². The van der Waals surface area contributed by atoms with Crippen molar-refractivity contribution in [1.29, 1.82) is 0 Å². The molecular weight excluding hydrogens is 369 g/mol. The number of Topliss-reactive ketones (excluding diaryl/α,β-unsaturated/α-hetero) is 1. The highest BCUT2D eigenvalue weighted by Crippen LogP contribution is 2.04. The quantitative estimate of drug-likeness (QED) is 0.242. The highest BCUT2D eigenvalue weighted by Gasteiger charge is 2.24. The molecule has 0 fully saturated rings. The summed E-state index contributed by atoms with van der Waals surface area (Å²) in [5.41, 5.74) is 11.3. The summed E-state index contributed by atoms with van der Waals surface area (Å²) in [5.74, 6) is -1.48. The van der Waals surface area contributed by atoms with Crippen LogP contribution in [0.25, 0.3) is 0 Å². The number of rotatable bonds is 11. The molecule has 1 aromatic carbocycles. The summed E-state index contributed by atoms with van der Waals surface area (Å²) in [6.07, 6.45) is -0.213. The number of hydrogen-bond donors (Lipinski definition) is 4. The Bertz CT molecular complexity index is 680. The fourth-order valence-corrected chi connectivity index (χ4v) is 2.19. The lowest BCUT2D eigenvalue weighted by Gasteiger charge is -2.20. The Balaban J connectivity index is 2.64. The lowest BCUT2D eigenvalue weighted by atomic mass is 10.1. The normalized spacial score (nSPS) is 12.4. The van der Waals surface area contributed by atoms with E-state index in [1.54, 1.807) is 24.3 Å². The number of carbonyl (C=O) groups excluding carboxylic acids is 3. The van der Waals surface area contributed by atoms with Crippen LogP contribution in [-0.2, 0) is 20.9 Å². The first-order valence-corrected chi connectivity index (χ1v) is 8.75. The molecule has 6 N–H and O–H groups in total. The van der Waals surface area contributed by atoms with Crippen molar-refractivity contribution in [2.24, 2.45) is 16.5 Å². The number of carbonyl (C=O) groups is 3. The maximum absolute atomic E-state index is 12.5. The molecule has 1 rings (SSSR count). The van der Waals surface area contributed by atoms with Gasteiger partial charge in [-0.2, -0.15) is 0 Å². The number of aliphatic imine (C=N–C) groups is 1. The van der Waals surface area contributed by atoms with E-state index < -0.39 is 36.5 Å². The second kappa shape index (κ2) is 12.3. The number of hydrogen-bond acceptors (Lipinski definition) is 5. The number of ketones is 1. The highest BCUT2D eigenvalue weighted by atomic mass is 19.1. The van der Waals surface area contributed by atoms with Gasteiger partial charge in [-0.25, -0.2) is 9.18 Å². The van der Waals surface area contributed by atoms with Crippen LogP contribution in [0.5, 0.6) is 0 Å². The van der Waals surface area contributed by atoms with Crippen LogP contribution in [0.15, 0.2) is 35.3 Å². The maximum Gasteiger partial charge on any atom is 0.408 e. The van der Waals surface area contributed by atoms with Gasteiger partial charge in [0, 0.05) is 6.54 Å². The molecule has 0 saturated carbocycles. The van der Waals surface area contributed by atoms with Crippen molar-refractivity contribution in [2.45, 2.75) is 38.5 Å². The van der Waals surface area contributed by atoms with E-state index in [0.717, 1.165) is 5.56 Å². The van der Waals surface area contributed by atoms with E-state index in [0.29, 0.717) is 6.42 Å². The molecule has 1 aromatic rings. The molecule has 28 heavy (non-hydrogen) atoms. The molecular formula is C18H26FN5O4. The van der Waals surface area contributed by atoms with E-state index in [9.17, 15) is 18.8 Å². The molecule has 0 spiro atoms. The van der Waals surface area contributed by atoms with Crippen LogP contribution in [0.2, 0.25) is 0 Å². The Morgan fingerprint density at radius 1 is 1.18 bits per heavy atom. The summed E-state index contributed by atoms with van der Waals surface area (Å²) in [7, 11) is 0. The number of ether oxygens (including phenoxy) is 1. The lowest BCUT2D eigenvalue weighted by Crippen LogP contribution is -2.51. The number of alkyl halides is 1. The number of nitrogens with two attached hydrogens (primary N) is 2. The average molecular weight is 395 g/mol. The second-order valence-electron chi connectivity index (χ2n) is 6.04. The number of benzene rings is 1. The van der Waals surface area contributed by atoms with E-state index >= 15 is 0 Å². The summed E-state index contributed by atoms with van der Waals surface area (Å²) >= 11 is 0. The summed E-state index contributed by atoms with van der Waals surface area (Å²) < 4.78 is 17.6. The van der Waals surface area contributed by atoms with Crippen LogP contribution in [0, 0.1) is 0 Å². The molecule has 2 amide bonds. The van der Waals surface area contributed by atoms with Gasteiger partial charge >= 0.3 is 6.09 Å². The first-order valence-electron chi connectivity index (χ1n) is 8.75. The third-order valence-corrected chi connectivity index (χ3v) is 3.74. The first-order chi connectivity index (χ1) is 13.3. The van der Waals surface area contributed by atoms with Crippen molar-refractivity contribution in [2.75, 3.05) is 13.2 Å². The molecule has 0 radical (unpaired) electrons. The third kappa shape index (κ3) is 8.97. The number of halogens is 1. The molecule has 0 saturated heterocycles. The van der Waals surface area contributed by atoms with Gasteiger partial charge in [0.25, 0.3) is 0 Å². The Kier molecular flexibility index (Phi) is 10.0. The average Bonchev–Trinajstić information content (AvgIpc) is 2.68. The van der Waals surface area contributed by atoms with E-state index in [1.807, 2.05) is 6.07 Å². The number of nitrogens with one attached hydrogen (secondary N) is 2. The largest absolute Gasteiger partial charge is 0.445 e. The zero-order valence-corrected chi connectivity index (χ0v) is 15.7. The molecule has 0 heterocycles. The van der Waals surface area contributed by atoms with Crippen LogP contribution in [0.1, 0.15) is 25.3 Å². The number of nitrogens with zero attached hydrogens (tertiary/aromatic N) is 1. The summed E-state index contributed by atoms with van der Waals surface area (Å²) in [6, 6.07) is 7.01. The van der Waals surface area contributed by atoms with Crippen LogP contribution in [0.4, 0.5) is 9.18 Å². The molecule has 10 heteroatoms. The van der Waals surface area contributed by atoms with Gasteiger partial charge < -0.3 is 26.8 Å². The van der Waals surface area contributed by atoms with Crippen molar-refractivity contribution in [3.05, 3.63) is 35.9 Å². The lowest BCUT2D eigenvalue weighted by molar-refractivity contribution is -0.129. The van der Waals surface area contributed by atoms with Crippen LogP contribution < -0.4 is 22.1 Å². The highest BCUT2D eigenvalue weighted by molar-refractivity contribution is 5.92. The molecule has 2 unspecified atom stereocenters. The summed E-state index contributed by atoms with van der Waals surface area (Å²) in [5, 5.41) is 4.82. The fourth-order valence-electron chi connectivity index (χ4n) is 2.19. The van der Waals surface area contributed by atoms with Gasteiger partial charge in [0.15, 0.2) is 11.7 Å². The van der Waals surface area contributed by atoms with E-state index in [1.165, 1.54) is 6.92 Å². The van der Waals surface area contributed by atoms with E-state index in [2.05, 4.69) is 15.6 Å². The van der Waals surface area contributed by atoms with Crippen LogP contribution in [0.3, 0.4) is 0 Å². The molecule has 0 aliphatic carbocycles. The first kappa shape index (κ1) is 22.9. The van der Waals surface area contributed by atoms with Crippen LogP contribution in [-0.4, -0.2) is 49.0 Å². The minimum atomic E-state index is -1.19. The molecule has 0 bridgehead atoms. The molecule has 9 nitrogen and oxygen atoms in total. The molecule has 0 aliphatic heterocycles. The Morgan fingerprint density at radius 3 is 2.46 bits per heavy atom. The van der Waals surface area contributed by atoms with Crippen molar-refractivity contribution in [3.8, 4) is 0 Å². The predicted molar refractivity (Wildman–Crippen MR) is 102 cm³/mol. The topological polar surface area (TPSA) is 149 Å². The van der Waals surface area contributed by atoms with Gasteiger partial charge in [0.05, 0.1) is 6.04 Å². The summed E-state index contributed by atoms with van der Waals surface area (Å²) in [4.78, 5) is 39.6. The zero-order valence-electron chi connectivity index (χ0n) is 15.7. The predicted octanol–water partition coefficient (Wildman–Crippen LogP) is 0.378. The van der Waals surface area contributed by atoms with Crippen molar-refractivity contribution < 1.29 is 23.5 Å². The van der Waals surface area contributed by atoms with Crippen molar-refractivity contribution >= 4 is 23.7 Å². The van der Waals surface area contributed by atoms with Crippen molar-refractivity contribution in [1.82, 2.24) is 10.6 Å². The second-order valence-corrected chi connectivity index (χ2v) is 6.04. The van der Waals surface area contributed by atoms with Crippen LogP contribution >= 0.6 is 0 Å². The zero-order chi connectivity index (χ0) is 20.9. The number of alkyl carbamates (subject to hydrolysis) is 1. The van der Waals surface area contributed by atoms with Crippen molar-refractivity contribution in [3.63, 3.8) is 0 Å². The molecule has 0 aliphatic rings. The minimum absolute atomic E-state index is 0.0335. The maximum atomic E-state index is 12.5. The third-order valence-electron chi connectivity index (χ3n) is 3.74. The Hall–Kier alpha value is -3.17. The molecule has 154 valence electrons. The standard InChI is InChI=1S/C18H26FN5O4/c1-12(15(25)10-19)23-16(26)14(8-5-9-22-17(20)21)24-18(27)28-11-13-6-3-2-4-7-13/h2-4,6-7,12,14H,5,8-11H2,1H3,(H,23,26)(H,24,27)(H4,20,21,22). The van der Waals surface area contributed by atoms with E-state index in [-0.39, 0.29) is 25.5 Å². The minimum Gasteiger partial charge on any atom is -0.445 e. The van der Waals surface area contributed by atoms with E-state index in [4.69, 9.17) is 16.2 Å². The van der Waals surface area contributed by atoms with Gasteiger partial charge in [0.1, 0.15) is 19.3 Å². The van der Waals surface area contributed by atoms with Gasteiger partial charge in [0.2, 0.25) is 5.91 Å². The Labute approximate surface area is 162 Å². The monoisotopic (exact) mass is 395 g/mol. The summed E-state index contributed by atoms with van der Waals surface area (Å²) in [6.45, 7) is 0.463. The Morgan fingerprint density at radius 2 is 1.86 bits per heavy atom. The van der Waals surface area contributed by atoms with Gasteiger partial charge in [-0.1, -0.05) is 30.3 Å². The molecule has 0 aromatic heterocycles. The fraction of sp³-hybridized carbons (Fsp3) is 0.444. The van der Waals surface area contributed by atoms with Gasteiger partial charge in [-0.05, 0) is 25.3 Å². The SMILES string of the molecule is CC(NC(=O)C(CCCN=C(N)N)NC(=O)OCc1ccccc1)C(=O)CF. The number of amides is 2. The number of guanidine groups is 1. The van der Waals surface area contributed by atoms with Gasteiger partial charge in [-0.3, -0.25) is 14.6 Å². The molecule has 2 atom stereocenters. The smallest absolute Gasteiger partial charge is 0.408 e.